The summed E-state index contributed by atoms with van der Waals surface area (Å²) in [6.07, 6.45) is 1.98. The minimum atomic E-state index is 0.0339. The first-order valence-electron chi connectivity index (χ1n) is 8.11. The topological polar surface area (TPSA) is 48.0 Å². The first kappa shape index (κ1) is 14.9. The molecule has 24 heavy (non-hydrogen) atoms. The summed E-state index contributed by atoms with van der Waals surface area (Å²) in [5.74, 6) is 2.19. The van der Waals surface area contributed by atoms with Gasteiger partial charge in [-0.15, -0.1) is 0 Å². The number of benzene rings is 2. The Morgan fingerprint density at radius 3 is 2.71 bits per heavy atom. The van der Waals surface area contributed by atoms with E-state index in [1.165, 1.54) is 0 Å². The van der Waals surface area contributed by atoms with Gasteiger partial charge >= 0.3 is 0 Å². The van der Waals surface area contributed by atoms with E-state index in [0.29, 0.717) is 17.1 Å². The Morgan fingerprint density at radius 2 is 1.92 bits per heavy atom. The van der Waals surface area contributed by atoms with Crippen molar-refractivity contribution >= 4 is 5.91 Å². The van der Waals surface area contributed by atoms with E-state index in [9.17, 15) is 4.79 Å². The zero-order chi connectivity index (χ0) is 16.5. The van der Waals surface area contributed by atoms with Crippen molar-refractivity contribution in [2.75, 3.05) is 20.4 Å². The monoisotopic (exact) mass is 325 g/mol. The Balaban J connectivity index is 1.58. The van der Waals surface area contributed by atoms with Crippen LogP contribution in [0, 0.1) is 0 Å². The van der Waals surface area contributed by atoms with E-state index >= 15 is 0 Å². The number of likely N-dealkylation sites (tertiary alicyclic amines) is 1. The summed E-state index contributed by atoms with van der Waals surface area (Å²) in [5, 5.41) is 0. The fourth-order valence-corrected chi connectivity index (χ4v) is 3.38. The summed E-state index contributed by atoms with van der Waals surface area (Å²) in [7, 11) is 1.65. The third-order valence-electron chi connectivity index (χ3n) is 4.63. The number of fused-ring (bicyclic) bond motifs is 1. The van der Waals surface area contributed by atoms with Crippen LogP contribution in [0.2, 0.25) is 0 Å². The lowest BCUT2D eigenvalue weighted by molar-refractivity contribution is 0.0735. The van der Waals surface area contributed by atoms with Crippen LogP contribution in [-0.4, -0.2) is 31.3 Å². The van der Waals surface area contributed by atoms with E-state index in [-0.39, 0.29) is 18.7 Å². The minimum Gasteiger partial charge on any atom is -0.497 e. The van der Waals surface area contributed by atoms with E-state index in [0.717, 1.165) is 30.7 Å². The number of hydrogen-bond donors (Lipinski definition) is 0. The molecule has 1 atom stereocenters. The molecule has 0 N–H and O–H groups in total. The molecule has 2 aliphatic heterocycles. The number of rotatable bonds is 3. The van der Waals surface area contributed by atoms with Crippen molar-refractivity contribution in [2.45, 2.75) is 18.9 Å². The fourth-order valence-electron chi connectivity index (χ4n) is 3.38. The molecule has 1 saturated heterocycles. The number of hydrogen-bond acceptors (Lipinski definition) is 4. The smallest absolute Gasteiger partial charge is 0.254 e. The largest absolute Gasteiger partial charge is 0.497 e. The van der Waals surface area contributed by atoms with E-state index < -0.39 is 0 Å². The number of carbonyl (C=O) groups is 1. The predicted octanol–water partition coefficient (Wildman–Crippen LogP) is 3.40. The number of ether oxygens (including phenoxy) is 3. The lowest BCUT2D eigenvalue weighted by atomic mass is 10.0. The Bertz CT molecular complexity index is 756. The first-order chi connectivity index (χ1) is 11.8. The maximum atomic E-state index is 13.0. The van der Waals surface area contributed by atoms with Gasteiger partial charge in [-0.05, 0) is 48.7 Å². The molecule has 1 amide bonds. The molecule has 0 aromatic heterocycles. The molecule has 2 aromatic carbocycles. The van der Waals surface area contributed by atoms with Gasteiger partial charge in [0.25, 0.3) is 5.91 Å². The molecule has 5 heteroatoms. The number of carbonyl (C=O) groups excluding carboxylic acids is 1. The Labute approximate surface area is 140 Å². The van der Waals surface area contributed by atoms with Gasteiger partial charge in [0.15, 0.2) is 11.5 Å². The molecule has 2 heterocycles. The zero-order valence-corrected chi connectivity index (χ0v) is 13.5. The molecule has 0 radical (unpaired) electrons. The number of nitrogens with zero attached hydrogens (tertiary/aromatic N) is 1. The summed E-state index contributed by atoms with van der Waals surface area (Å²) in [5.41, 5.74) is 1.78. The highest BCUT2D eigenvalue weighted by molar-refractivity contribution is 5.95. The van der Waals surface area contributed by atoms with Gasteiger partial charge in [0, 0.05) is 12.1 Å². The number of methoxy groups -OCH3 is 1. The third kappa shape index (κ3) is 2.56. The fraction of sp³-hybridized carbons (Fsp3) is 0.316. The zero-order valence-electron chi connectivity index (χ0n) is 13.5. The molecule has 124 valence electrons. The van der Waals surface area contributed by atoms with E-state index in [1.54, 1.807) is 25.3 Å². The summed E-state index contributed by atoms with van der Waals surface area (Å²) < 4.78 is 15.9. The molecule has 2 aromatic rings. The van der Waals surface area contributed by atoms with Gasteiger partial charge in [-0.25, -0.2) is 0 Å². The van der Waals surface area contributed by atoms with Crippen molar-refractivity contribution in [3.05, 3.63) is 53.6 Å². The van der Waals surface area contributed by atoms with Crippen LogP contribution in [0.4, 0.5) is 0 Å². The van der Waals surface area contributed by atoms with Gasteiger partial charge in [0.05, 0.1) is 13.2 Å². The van der Waals surface area contributed by atoms with Crippen LogP contribution >= 0.6 is 0 Å². The van der Waals surface area contributed by atoms with Crippen LogP contribution in [0.15, 0.2) is 42.5 Å². The lowest BCUT2D eigenvalue weighted by Crippen LogP contribution is -2.30. The van der Waals surface area contributed by atoms with Crippen LogP contribution in [0.25, 0.3) is 0 Å². The standard InChI is InChI=1S/C19H19NO4/c1-22-15-7-4-13(5-8-15)16-3-2-10-20(16)19(21)14-6-9-17-18(11-14)24-12-23-17/h4-9,11,16H,2-3,10,12H2,1H3. The third-order valence-corrected chi connectivity index (χ3v) is 4.63. The summed E-state index contributed by atoms with van der Waals surface area (Å²) in [4.78, 5) is 14.9. The maximum absolute atomic E-state index is 13.0. The van der Waals surface area contributed by atoms with Gasteiger partial charge in [-0.2, -0.15) is 0 Å². The molecule has 1 unspecified atom stereocenters. The molecule has 0 saturated carbocycles. The van der Waals surface area contributed by atoms with Crippen LogP contribution in [-0.2, 0) is 0 Å². The molecular weight excluding hydrogens is 306 g/mol. The van der Waals surface area contributed by atoms with Crippen LogP contribution in [0.3, 0.4) is 0 Å². The molecular formula is C19H19NO4. The second-order valence-electron chi connectivity index (χ2n) is 6.00. The quantitative estimate of drug-likeness (QED) is 0.868. The van der Waals surface area contributed by atoms with Crippen LogP contribution < -0.4 is 14.2 Å². The highest BCUT2D eigenvalue weighted by Gasteiger charge is 2.31. The van der Waals surface area contributed by atoms with Gasteiger partial charge in [-0.1, -0.05) is 12.1 Å². The van der Waals surface area contributed by atoms with E-state index in [2.05, 4.69) is 0 Å². The average molecular weight is 325 g/mol. The summed E-state index contributed by atoms with van der Waals surface area (Å²) in [6, 6.07) is 13.4. The Morgan fingerprint density at radius 1 is 1.12 bits per heavy atom. The normalized spacial score (nSPS) is 18.7. The second-order valence-corrected chi connectivity index (χ2v) is 6.00. The molecule has 4 rings (SSSR count). The highest BCUT2D eigenvalue weighted by atomic mass is 16.7. The molecule has 2 aliphatic rings. The Kier molecular flexibility index (Phi) is 3.76. The van der Waals surface area contributed by atoms with Gasteiger partial charge in [0.1, 0.15) is 5.75 Å². The maximum Gasteiger partial charge on any atom is 0.254 e. The van der Waals surface area contributed by atoms with E-state index in [1.807, 2.05) is 29.2 Å². The van der Waals surface area contributed by atoms with Crippen molar-refractivity contribution in [3.8, 4) is 17.2 Å². The predicted molar refractivity (Wildman–Crippen MR) is 88.6 cm³/mol. The average Bonchev–Trinajstić information content (AvgIpc) is 3.29. The van der Waals surface area contributed by atoms with Gasteiger partial charge in [-0.3, -0.25) is 4.79 Å². The first-order valence-corrected chi connectivity index (χ1v) is 8.11. The second kappa shape index (κ2) is 6.07. The van der Waals surface area contributed by atoms with Crippen molar-refractivity contribution in [2.24, 2.45) is 0 Å². The molecule has 1 fully saturated rings. The van der Waals surface area contributed by atoms with Crippen LogP contribution in [0.5, 0.6) is 17.2 Å². The molecule has 0 bridgehead atoms. The summed E-state index contributed by atoms with van der Waals surface area (Å²) in [6.45, 7) is 0.981. The van der Waals surface area contributed by atoms with Gasteiger partial charge in [0.2, 0.25) is 6.79 Å². The van der Waals surface area contributed by atoms with Gasteiger partial charge < -0.3 is 19.1 Å². The molecule has 0 aliphatic carbocycles. The SMILES string of the molecule is COc1ccc(C2CCCN2C(=O)c2ccc3c(c2)OCO3)cc1. The summed E-state index contributed by atoms with van der Waals surface area (Å²) >= 11 is 0. The molecule has 0 spiro atoms. The van der Waals surface area contributed by atoms with Crippen molar-refractivity contribution in [1.82, 2.24) is 4.90 Å². The number of amides is 1. The van der Waals surface area contributed by atoms with E-state index in [4.69, 9.17) is 14.2 Å². The lowest BCUT2D eigenvalue weighted by Gasteiger charge is -2.25. The Hall–Kier alpha value is -2.69. The van der Waals surface area contributed by atoms with Crippen molar-refractivity contribution in [3.63, 3.8) is 0 Å². The van der Waals surface area contributed by atoms with Crippen LogP contribution in [0.1, 0.15) is 34.8 Å². The minimum absolute atomic E-state index is 0.0339. The highest BCUT2D eigenvalue weighted by Crippen LogP contribution is 2.36. The molecule has 5 nitrogen and oxygen atoms in total. The van der Waals surface area contributed by atoms with Crippen molar-refractivity contribution in [1.29, 1.82) is 0 Å². The van der Waals surface area contributed by atoms with Crippen molar-refractivity contribution < 1.29 is 19.0 Å².